The Balaban J connectivity index is 0.000000397. The standard InChI is InChI=1S/C19H29F2P.C9H10FN2O2/c1-5-8-9-15(4)18(7-3,14-6-2)16-10-12-17(13-11-16)19(20,21)22;1-6-3-7(10)4-9(8(6)5-11)12(13)14-2/h9-13H,5-8,14,22H2,1-4H3;3-5,11H,1-2H3/q;+1/b15-9+;. The minimum absolute atomic E-state index is 0.000000000000000444. The van der Waals surface area contributed by atoms with Gasteiger partial charge in [-0.3, -0.25) is 0 Å². The van der Waals surface area contributed by atoms with Gasteiger partial charge in [0, 0.05) is 17.2 Å². The predicted octanol–water partition coefficient (Wildman–Crippen LogP) is 8.91. The molecule has 198 valence electrons. The number of rotatable bonds is 11. The van der Waals surface area contributed by atoms with Crippen LogP contribution in [0.5, 0.6) is 0 Å². The summed E-state index contributed by atoms with van der Waals surface area (Å²) in [4.78, 5) is 15.7. The third-order valence-electron chi connectivity index (χ3n) is 6.43. The average Bonchev–Trinajstić information content (AvgIpc) is 2.84. The highest BCUT2D eigenvalue weighted by Gasteiger charge is 2.32. The second-order valence-electron chi connectivity index (χ2n) is 8.80. The van der Waals surface area contributed by atoms with E-state index in [9.17, 15) is 18.1 Å². The van der Waals surface area contributed by atoms with E-state index in [1.807, 2.05) is 12.1 Å². The predicted molar refractivity (Wildman–Crippen MR) is 145 cm³/mol. The Morgan fingerprint density at radius 2 is 1.69 bits per heavy atom. The van der Waals surface area contributed by atoms with Gasteiger partial charge in [0.15, 0.2) is 7.11 Å². The lowest BCUT2D eigenvalue weighted by Crippen LogP contribution is -2.27. The average molecular weight is 524 g/mol. The van der Waals surface area contributed by atoms with Crippen molar-refractivity contribution in [2.45, 2.75) is 77.8 Å². The SMILES string of the molecule is CCC/C=C(\C)C(CC)(CCC)c1ccc(C(F)(F)P)cc1.CO[N+](=O)c1cc(F)cc(C)c1C=N. The van der Waals surface area contributed by atoms with E-state index in [1.54, 1.807) is 28.3 Å². The molecule has 0 saturated heterocycles. The highest BCUT2D eigenvalue weighted by molar-refractivity contribution is 7.17. The van der Waals surface area contributed by atoms with Gasteiger partial charge in [0.1, 0.15) is 5.82 Å². The van der Waals surface area contributed by atoms with Crippen LogP contribution in [0.3, 0.4) is 0 Å². The number of allylic oxidation sites excluding steroid dienone is 2. The molecule has 0 aromatic heterocycles. The van der Waals surface area contributed by atoms with Crippen LogP contribution in [0.4, 0.5) is 18.9 Å². The van der Waals surface area contributed by atoms with E-state index >= 15 is 0 Å². The summed E-state index contributed by atoms with van der Waals surface area (Å²) < 4.78 is 39.7. The Kier molecular flexibility index (Phi) is 12.5. The summed E-state index contributed by atoms with van der Waals surface area (Å²) in [5.41, 5.74) is 0.557. The number of aryl methyl sites for hydroxylation is 1. The molecule has 0 fully saturated rings. The molecule has 2 atom stereocenters. The maximum atomic E-state index is 13.4. The van der Waals surface area contributed by atoms with Crippen molar-refractivity contribution in [2.24, 2.45) is 0 Å². The fourth-order valence-corrected chi connectivity index (χ4v) is 4.59. The molecule has 0 aliphatic heterocycles. The van der Waals surface area contributed by atoms with E-state index in [0.29, 0.717) is 11.1 Å². The molecule has 36 heavy (non-hydrogen) atoms. The fraction of sp³-hybridized carbons (Fsp3) is 0.464. The third-order valence-corrected chi connectivity index (χ3v) is 6.77. The Hall–Kier alpha value is -2.53. The topological polar surface area (TPSA) is 53.2 Å². The molecule has 0 radical (unpaired) electrons. The zero-order valence-electron chi connectivity index (χ0n) is 22.1. The molecule has 0 spiro atoms. The van der Waals surface area contributed by atoms with Gasteiger partial charge in [-0.05, 0) is 50.3 Å². The molecule has 0 aliphatic rings. The molecular weight excluding hydrogens is 484 g/mol. The van der Waals surface area contributed by atoms with Crippen LogP contribution in [-0.2, 0) is 15.9 Å². The van der Waals surface area contributed by atoms with Crippen LogP contribution in [0.15, 0.2) is 48.0 Å². The first-order chi connectivity index (χ1) is 16.9. The second kappa shape index (κ2) is 14.3. The molecule has 0 heterocycles. The zero-order chi connectivity index (χ0) is 27.5. The number of halogens is 3. The maximum absolute atomic E-state index is 13.4. The van der Waals surface area contributed by atoms with Crippen LogP contribution < -0.4 is 0 Å². The highest BCUT2D eigenvalue weighted by atomic mass is 31.0. The van der Waals surface area contributed by atoms with Gasteiger partial charge in [0.05, 0.1) is 16.5 Å². The first-order valence-electron chi connectivity index (χ1n) is 12.2. The van der Waals surface area contributed by atoms with Gasteiger partial charge < -0.3 is 5.41 Å². The molecule has 2 aromatic rings. The fourth-order valence-electron chi connectivity index (χ4n) is 4.40. The third kappa shape index (κ3) is 7.99. The van der Waals surface area contributed by atoms with Crippen LogP contribution in [0, 0.1) is 23.1 Å². The molecule has 4 nitrogen and oxygen atoms in total. The van der Waals surface area contributed by atoms with E-state index in [4.69, 9.17) is 5.41 Å². The molecule has 2 unspecified atom stereocenters. The number of hydrogen-bond acceptors (Lipinski definition) is 3. The maximum Gasteiger partial charge on any atom is 0.328 e. The van der Waals surface area contributed by atoms with Crippen molar-refractivity contribution in [3.8, 4) is 0 Å². The first kappa shape index (κ1) is 31.5. The minimum atomic E-state index is -2.86. The minimum Gasteiger partial charge on any atom is -0.308 e. The van der Waals surface area contributed by atoms with Crippen molar-refractivity contribution in [2.75, 3.05) is 7.11 Å². The summed E-state index contributed by atoms with van der Waals surface area (Å²) in [5.74, 6) is -0.527. The van der Waals surface area contributed by atoms with Gasteiger partial charge in [0.2, 0.25) is 0 Å². The monoisotopic (exact) mass is 523 g/mol. The number of alkyl halides is 2. The Morgan fingerprint density at radius 3 is 2.14 bits per heavy atom. The van der Waals surface area contributed by atoms with Crippen molar-refractivity contribution < 1.29 is 22.9 Å². The largest absolute Gasteiger partial charge is 0.328 e. The van der Waals surface area contributed by atoms with Crippen molar-refractivity contribution in [3.05, 3.63) is 81.0 Å². The first-order valence-corrected chi connectivity index (χ1v) is 12.8. The van der Waals surface area contributed by atoms with Crippen LogP contribution in [0.1, 0.15) is 82.1 Å². The number of unbranched alkanes of at least 4 members (excludes halogenated alkanes) is 1. The zero-order valence-corrected chi connectivity index (χ0v) is 23.3. The number of nitrogens with one attached hydrogen (secondary N) is 1. The van der Waals surface area contributed by atoms with Gasteiger partial charge in [0.25, 0.3) is 10.6 Å². The van der Waals surface area contributed by atoms with Crippen molar-refractivity contribution in [1.82, 2.24) is 0 Å². The summed E-state index contributed by atoms with van der Waals surface area (Å²) in [6.45, 7) is 10.4. The van der Waals surface area contributed by atoms with Gasteiger partial charge in [-0.2, -0.15) is 8.78 Å². The van der Waals surface area contributed by atoms with Crippen LogP contribution in [-0.4, -0.2) is 18.2 Å². The number of benzene rings is 2. The Labute approximate surface area is 215 Å². The normalized spacial score (nSPS) is 13.3. The van der Waals surface area contributed by atoms with E-state index in [0.717, 1.165) is 49.9 Å². The molecule has 0 bridgehead atoms. The van der Waals surface area contributed by atoms with E-state index in [2.05, 4.69) is 38.6 Å². The molecule has 0 saturated carbocycles. The molecule has 1 N–H and O–H groups in total. The van der Waals surface area contributed by atoms with Gasteiger partial charge in [-0.1, -0.05) is 78.8 Å². The molecule has 8 heteroatoms. The van der Waals surface area contributed by atoms with Crippen LogP contribution in [0.2, 0.25) is 0 Å². The van der Waals surface area contributed by atoms with E-state index in [-0.39, 0.29) is 21.6 Å². The summed E-state index contributed by atoms with van der Waals surface area (Å²) in [7, 11) is 2.79. The van der Waals surface area contributed by atoms with E-state index < -0.39 is 11.5 Å². The van der Waals surface area contributed by atoms with Crippen LogP contribution in [0.25, 0.3) is 0 Å². The molecule has 2 aromatic carbocycles. The molecular formula is C28H39F3N2O2P+. The summed E-state index contributed by atoms with van der Waals surface area (Å²) in [6.07, 6.45) is 8.62. The smallest absolute Gasteiger partial charge is 0.308 e. The summed E-state index contributed by atoms with van der Waals surface area (Å²) >= 11 is 0. The van der Waals surface area contributed by atoms with Crippen molar-refractivity contribution >= 4 is 21.1 Å². The number of hydrogen-bond donors (Lipinski definition) is 1. The summed E-state index contributed by atoms with van der Waals surface area (Å²) in [6, 6.07) is 9.19. The van der Waals surface area contributed by atoms with E-state index in [1.165, 1.54) is 18.7 Å². The van der Waals surface area contributed by atoms with Gasteiger partial charge in [-0.25, -0.2) is 9.23 Å². The lowest BCUT2D eigenvalue weighted by atomic mass is 9.69. The summed E-state index contributed by atoms with van der Waals surface area (Å²) in [5, 5.41) is 7.10. The molecule has 0 amide bonds. The van der Waals surface area contributed by atoms with Crippen LogP contribution >= 0.6 is 9.24 Å². The quantitative estimate of drug-likeness (QED) is 0.138. The van der Waals surface area contributed by atoms with Gasteiger partial charge >= 0.3 is 5.69 Å². The second-order valence-corrected chi connectivity index (χ2v) is 9.53. The number of nitrogens with zero attached hydrogens (tertiary/aromatic N) is 1. The lowest BCUT2D eigenvalue weighted by molar-refractivity contribution is -0.736. The van der Waals surface area contributed by atoms with Gasteiger partial charge in [-0.15, -0.1) is 0 Å². The molecule has 2 rings (SSSR count). The van der Waals surface area contributed by atoms with Crippen molar-refractivity contribution in [1.29, 1.82) is 5.41 Å². The lowest BCUT2D eigenvalue weighted by Gasteiger charge is -2.35. The van der Waals surface area contributed by atoms with Crippen molar-refractivity contribution in [3.63, 3.8) is 0 Å². The Bertz CT molecular complexity index is 1050. The highest BCUT2D eigenvalue weighted by Crippen LogP contribution is 2.42. The Morgan fingerprint density at radius 1 is 1.11 bits per heavy atom. The molecule has 0 aliphatic carbocycles.